The van der Waals surface area contributed by atoms with Crippen LogP contribution in [0.4, 0.5) is 0 Å². The fraction of sp³-hybridized carbons (Fsp3) is 0.500. The Bertz CT molecular complexity index is 368. The molecular formula is C12H18ClNO2. The molecule has 0 radical (unpaired) electrons. The van der Waals surface area contributed by atoms with Gasteiger partial charge in [0.25, 0.3) is 0 Å². The van der Waals surface area contributed by atoms with Crippen LogP contribution >= 0.6 is 11.6 Å². The van der Waals surface area contributed by atoms with E-state index in [0.717, 1.165) is 5.56 Å². The van der Waals surface area contributed by atoms with Gasteiger partial charge in [-0.15, -0.1) is 0 Å². The fourth-order valence-electron chi connectivity index (χ4n) is 1.51. The van der Waals surface area contributed by atoms with Crippen LogP contribution in [0.25, 0.3) is 0 Å². The molecule has 0 aliphatic heterocycles. The van der Waals surface area contributed by atoms with Gasteiger partial charge < -0.3 is 15.2 Å². The van der Waals surface area contributed by atoms with E-state index in [0.29, 0.717) is 16.3 Å². The number of methoxy groups -OCH3 is 1. The van der Waals surface area contributed by atoms with Crippen LogP contribution < -0.4 is 10.1 Å². The average Bonchev–Trinajstić information content (AvgIpc) is 2.30. The Morgan fingerprint density at radius 2 is 2.06 bits per heavy atom. The van der Waals surface area contributed by atoms with Crippen molar-refractivity contribution in [1.29, 1.82) is 0 Å². The summed E-state index contributed by atoms with van der Waals surface area (Å²) in [6, 6.07) is 3.53. The molecule has 2 unspecified atom stereocenters. The Balaban J connectivity index is 3.16. The van der Waals surface area contributed by atoms with Gasteiger partial charge in [-0.3, -0.25) is 0 Å². The maximum absolute atomic E-state index is 10.1. The summed E-state index contributed by atoms with van der Waals surface area (Å²) >= 11 is 6.05. The number of halogens is 1. The minimum atomic E-state index is -0.641. The molecule has 1 rings (SSSR count). The zero-order valence-corrected chi connectivity index (χ0v) is 10.8. The number of aryl methyl sites for hydroxylation is 1. The molecule has 1 aromatic rings. The van der Waals surface area contributed by atoms with Crippen molar-refractivity contribution < 1.29 is 9.84 Å². The first-order valence-electron chi connectivity index (χ1n) is 5.20. The molecule has 0 saturated heterocycles. The molecule has 0 fully saturated rings. The van der Waals surface area contributed by atoms with E-state index in [9.17, 15) is 5.11 Å². The third-order valence-corrected chi connectivity index (χ3v) is 3.17. The Morgan fingerprint density at radius 1 is 1.44 bits per heavy atom. The lowest BCUT2D eigenvalue weighted by atomic mass is 10.0. The molecule has 16 heavy (non-hydrogen) atoms. The van der Waals surface area contributed by atoms with E-state index >= 15 is 0 Å². The largest absolute Gasteiger partial charge is 0.496 e. The lowest BCUT2D eigenvalue weighted by Gasteiger charge is -2.21. The van der Waals surface area contributed by atoms with E-state index in [1.165, 1.54) is 0 Å². The number of aliphatic hydroxyl groups excluding tert-OH is 1. The van der Waals surface area contributed by atoms with Gasteiger partial charge in [0, 0.05) is 16.6 Å². The summed E-state index contributed by atoms with van der Waals surface area (Å²) in [7, 11) is 3.39. The molecule has 90 valence electrons. The van der Waals surface area contributed by atoms with Crippen LogP contribution in [-0.2, 0) is 0 Å². The number of aliphatic hydroxyl groups is 1. The third-order valence-electron chi connectivity index (χ3n) is 2.76. The molecule has 0 heterocycles. The van der Waals surface area contributed by atoms with Crippen LogP contribution in [0.3, 0.4) is 0 Å². The van der Waals surface area contributed by atoms with Crippen molar-refractivity contribution in [2.24, 2.45) is 0 Å². The minimum Gasteiger partial charge on any atom is -0.496 e. The zero-order valence-electron chi connectivity index (χ0n) is 10.0. The number of ether oxygens (including phenoxy) is 1. The summed E-state index contributed by atoms with van der Waals surface area (Å²) in [5.74, 6) is 0.663. The predicted molar refractivity (Wildman–Crippen MR) is 66.2 cm³/mol. The van der Waals surface area contributed by atoms with Gasteiger partial charge in [-0.25, -0.2) is 0 Å². The van der Waals surface area contributed by atoms with Crippen LogP contribution in [0.1, 0.15) is 24.2 Å². The highest BCUT2D eigenvalue weighted by molar-refractivity contribution is 6.31. The smallest absolute Gasteiger partial charge is 0.125 e. The second kappa shape index (κ2) is 5.53. The third kappa shape index (κ3) is 2.67. The van der Waals surface area contributed by atoms with Crippen molar-refractivity contribution in [3.8, 4) is 5.75 Å². The van der Waals surface area contributed by atoms with Gasteiger partial charge in [-0.1, -0.05) is 11.6 Å². The van der Waals surface area contributed by atoms with E-state index in [1.54, 1.807) is 20.2 Å². The van der Waals surface area contributed by atoms with Crippen molar-refractivity contribution in [3.05, 3.63) is 28.3 Å². The second-order valence-electron chi connectivity index (χ2n) is 3.87. The van der Waals surface area contributed by atoms with Crippen LogP contribution in [0, 0.1) is 6.92 Å². The zero-order chi connectivity index (χ0) is 12.3. The molecule has 2 atom stereocenters. The highest BCUT2D eigenvalue weighted by Gasteiger charge is 2.19. The Kier molecular flexibility index (Phi) is 4.59. The van der Waals surface area contributed by atoms with Crippen molar-refractivity contribution in [3.63, 3.8) is 0 Å². The summed E-state index contributed by atoms with van der Waals surface area (Å²) in [6.45, 7) is 3.81. The molecule has 0 bridgehead atoms. The van der Waals surface area contributed by atoms with Gasteiger partial charge in [-0.2, -0.15) is 0 Å². The average molecular weight is 244 g/mol. The second-order valence-corrected chi connectivity index (χ2v) is 4.27. The van der Waals surface area contributed by atoms with Crippen LogP contribution in [0.2, 0.25) is 5.02 Å². The van der Waals surface area contributed by atoms with Crippen LogP contribution in [0.15, 0.2) is 12.1 Å². The Hall–Kier alpha value is -0.770. The quantitative estimate of drug-likeness (QED) is 0.853. The van der Waals surface area contributed by atoms with Gasteiger partial charge >= 0.3 is 0 Å². The van der Waals surface area contributed by atoms with E-state index in [-0.39, 0.29) is 6.04 Å². The number of nitrogens with one attached hydrogen (secondary N) is 1. The summed E-state index contributed by atoms with van der Waals surface area (Å²) in [6.07, 6.45) is -0.641. The van der Waals surface area contributed by atoms with Gasteiger partial charge in [0.15, 0.2) is 0 Å². The first-order chi connectivity index (χ1) is 7.51. The van der Waals surface area contributed by atoms with E-state index in [4.69, 9.17) is 16.3 Å². The number of hydrogen-bond donors (Lipinski definition) is 2. The number of hydrogen-bond acceptors (Lipinski definition) is 3. The van der Waals surface area contributed by atoms with Crippen molar-refractivity contribution in [2.75, 3.05) is 14.2 Å². The maximum atomic E-state index is 10.1. The molecule has 1 aromatic carbocycles. The summed E-state index contributed by atoms with van der Waals surface area (Å²) < 4.78 is 5.25. The molecule has 0 aliphatic carbocycles. The highest BCUT2D eigenvalue weighted by Crippen LogP contribution is 2.32. The normalized spacial score (nSPS) is 14.6. The van der Waals surface area contributed by atoms with E-state index in [1.807, 2.05) is 19.9 Å². The van der Waals surface area contributed by atoms with Gasteiger partial charge in [0.05, 0.1) is 13.2 Å². The molecule has 3 nitrogen and oxygen atoms in total. The molecule has 0 spiro atoms. The number of rotatable bonds is 4. The van der Waals surface area contributed by atoms with E-state index in [2.05, 4.69) is 5.32 Å². The summed E-state index contributed by atoms with van der Waals surface area (Å²) in [4.78, 5) is 0. The van der Waals surface area contributed by atoms with Crippen LogP contribution in [0.5, 0.6) is 5.75 Å². The number of likely N-dealkylation sites (N-methyl/N-ethyl adjacent to an activating group) is 1. The first-order valence-corrected chi connectivity index (χ1v) is 5.58. The molecule has 0 amide bonds. The standard InChI is InChI=1S/C12H18ClNO2/c1-7-5-11(16-4)9(6-10(7)13)12(15)8(2)14-3/h5-6,8,12,14-15H,1-4H3. The van der Waals surface area contributed by atoms with E-state index < -0.39 is 6.10 Å². The lowest BCUT2D eigenvalue weighted by molar-refractivity contribution is 0.136. The molecule has 0 aliphatic rings. The SMILES string of the molecule is CNC(C)C(O)c1cc(Cl)c(C)cc1OC. The van der Waals surface area contributed by atoms with Crippen molar-refractivity contribution in [1.82, 2.24) is 5.32 Å². The lowest BCUT2D eigenvalue weighted by Crippen LogP contribution is -2.29. The summed E-state index contributed by atoms with van der Waals surface area (Å²) in [5, 5.41) is 13.8. The molecule has 0 saturated carbocycles. The maximum Gasteiger partial charge on any atom is 0.125 e. The number of benzene rings is 1. The monoisotopic (exact) mass is 243 g/mol. The molecule has 2 N–H and O–H groups in total. The van der Waals surface area contributed by atoms with Crippen molar-refractivity contribution >= 4 is 11.6 Å². The van der Waals surface area contributed by atoms with Crippen molar-refractivity contribution in [2.45, 2.75) is 26.0 Å². The van der Waals surface area contributed by atoms with Gasteiger partial charge in [0.2, 0.25) is 0 Å². The molecular weight excluding hydrogens is 226 g/mol. The van der Waals surface area contributed by atoms with Gasteiger partial charge in [0.1, 0.15) is 5.75 Å². The Labute approximate surface area is 101 Å². The van der Waals surface area contributed by atoms with Crippen LogP contribution in [-0.4, -0.2) is 25.3 Å². The highest BCUT2D eigenvalue weighted by atomic mass is 35.5. The molecule has 0 aromatic heterocycles. The first kappa shape index (κ1) is 13.3. The Morgan fingerprint density at radius 3 is 2.56 bits per heavy atom. The van der Waals surface area contributed by atoms with Gasteiger partial charge in [-0.05, 0) is 38.6 Å². The predicted octanol–water partition coefficient (Wildman–Crippen LogP) is 2.30. The fourth-order valence-corrected chi connectivity index (χ4v) is 1.68. The molecule has 4 heteroatoms. The topological polar surface area (TPSA) is 41.5 Å². The minimum absolute atomic E-state index is 0.0623. The summed E-state index contributed by atoms with van der Waals surface area (Å²) in [5.41, 5.74) is 1.64.